The SMILES string of the molecule is CNCC1CCCN(c2n[nH]c(-c3cc(OC)cs3)n2)C1. The highest BCUT2D eigenvalue weighted by molar-refractivity contribution is 7.13. The van der Waals surface area contributed by atoms with Crippen molar-refractivity contribution in [2.75, 3.05) is 38.7 Å². The summed E-state index contributed by atoms with van der Waals surface area (Å²) in [6.45, 7) is 3.10. The molecule has 0 aromatic carbocycles. The van der Waals surface area contributed by atoms with Crippen molar-refractivity contribution < 1.29 is 4.74 Å². The van der Waals surface area contributed by atoms with Gasteiger partial charge in [-0.25, -0.2) is 0 Å². The van der Waals surface area contributed by atoms with Crippen LogP contribution in [0.15, 0.2) is 11.4 Å². The van der Waals surface area contributed by atoms with E-state index in [-0.39, 0.29) is 0 Å². The Bertz CT molecular complexity index is 579. The van der Waals surface area contributed by atoms with E-state index >= 15 is 0 Å². The average Bonchev–Trinajstić information content (AvgIpc) is 3.17. The average molecular weight is 307 g/mol. The van der Waals surface area contributed by atoms with E-state index in [0.717, 1.165) is 42.0 Å². The number of methoxy groups -OCH3 is 1. The zero-order valence-corrected chi connectivity index (χ0v) is 13.2. The molecule has 1 aliphatic rings. The number of hydrogen-bond acceptors (Lipinski definition) is 6. The summed E-state index contributed by atoms with van der Waals surface area (Å²) in [7, 11) is 3.68. The van der Waals surface area contributed by atoms with E-state index in [2.05, 4.69) is 25.4 Å². The maximum Gasteiger partial charge on any atom is 0.245 e. The highest BCUT2D eigenvalue weighted by Crippen LogP contribution is 2.30. The van der Waals surface area contributed by atoms with Gasteiger partial charge in [-0.3, -0.25) is 5.10 Å². The Morgan fingerprint density at radius 1 is 1.57 bits per heavy atom. The topological polar surface area (TPSA) is 66.1 Å². The molecule has 0 amide bonds. The Labute approximate surface area is 128 Å². The number of nitrogens with zero attached hydrogens (tertiary/aromatic N) is 3. The molecule has 2 N–H and O–H groups in total. The van der Waals surface area contributed by atoms with Crippen LogP contribution in [0.5, 0.6) is 5.75 Å². The van der Waals surface area contributed by atoms with E-state index < -0.39 is 0 Å². The number of aromatic nitrogens is 3. The molecule has 0 bridgehead atoms. The smallest absolute Gasteiger partial charge is 0.245 e. The van der Waals surface area contributed by atoms with Gasteiger partial charge in [0.25, 0.3) is 0 Å². The first-order valence-corrected chi connectivity index (χ1v) is 8.13. The van der Waals surface area contributed by atoms with Gasteiger partial charge < -0.3 is 15.0 Å². The first-order chi connectivity index (χ1) is 10.3. The van der Waals surface area contributed by atoms with Gasteiger partial charge in [-0.1, -0.05) is 0 Å². The second-order valence-electron chi connectivity index (χ2n) is 5.35. The lowest BCUT2D eigenvalue weighted by atomic mass is 9.98. The summed E-state index contributed by atoms with van der Waals surface area (Å²) >= 11 is 1.61. The standard InChI is InChI=1S/C14H21N5OS/c1-15-7-10-4-3-5-19(8-10)14-16-13(17-18-14)12-6-11(20-2)9-21-12/h6,9-10,15H,3-5,7-8H2,1-2H3,(H,16,17,18). The fourth-order valence-electron chi connectivity index (χ4n) is 2.76. The second-order valence-corrected chi connectivity index (χ2v) is 6.26. The van der Waals surface area contributed by atoms with Gasteiger partial charge in [0.15, 0.2) is 5.82 Å². The molecular formula is C14H21N5OS. The molecule has 2 aromatic heterocycles. The largest absolute Gasteiger partial charge is 0.496 e. The minimum Gasteiger partial charge on any atom is -0.496 e. The summed E-state index contributed by atoms with van der Waals surface area (Å²) < 4.78 is 5.21. The third-order valence-electron chi connectivity index (χ3n) is 3.81. The predicted molar refractivity (Wildman–Crippen MR) is 85.1 cm³/mol. The van der Waals surface area contributed by atoms with Gasteiger partial charge in [0.2, 0.25) is 5.95 Å². The number of ether oxygens (including phenoxy) is 1. The molecule has 1 saturated heterocycles. The fraction of sp³-hybridized carbons (Fsp3) is 0.571. The highest BCUT2D eigenvalue weighted by Gasteiger charge is 2.22. The number of aromatic amines is 1. The first-order valence-electron chi connectivity index (χ1n) is 7.25. The van der Waals surface area contributed by atoms with Crippen molar-refractivity contribution >= 4 is 17.3 Å². The van der Waals surface area contributed by atoms with Gasteiger partial charge in [0.05, 0.1) is 12.0 Å². The Morgan fingerprint density at radius 2 is 2.48 bits per heavy atom. The van der Waals surface area contributed by atoms with Gasteiger partial charge in [-0.05, 0) is 32.4 Å². The lowest BCUT2D eigenvalue weighted by molar-refractivity contribution is 0.399. The van der Waals surface area contributed by atoms with Gasteiger partial charge in [-0.15, -0.1) is 16.4 Å². The Kier molecular flexibility index (Phi) is 4.40. The van der Waals surface area contributed by atoms with Crippen molar-refractivity contribution in [3.8, 4) is 16.5 Å². The van der Waals surface area contributed by atoms with Crippen LogP contribution in [0.25, 0.3) is 10.7 Å². The molecule has 2 aromatic rings. The Morgan fingerprint density at radius 3 is 3.24 bits per heavy atom. The molecule has 1 fully saturated rings. The molecule has 114 valence electrons. The molecular weight excluding hydrogens is 286 g/mol. The van der Waals surface area contributed by atoms with Crippen molar-refractivity contribution in [2.24, 2.45) is 5.92 Å². The number of nitrogens with one attached hydrogen (secondary N) is 2. The number of rotatable bonds is 5. The van der Waals surface area contributed by atoms with Crippen molar-refractivity contribution in [1.82, 2.24) is 20.5 Å². The van der Waals surface area contributed by atoms with Gasteiger partial charge in [0, 0.05) is 24.5 Å². The summed E-state index contributed by atoms with van der Waals surface area (Å²) in [5, 5.41) is 12.7. The van der Waals surface area contributed by atoms with Crippen LogP contribution in [0.2, 0.25) is 0 Å². The number of anilines is 1. The molecule has 6 nitrogen and oxygen atoms in total. The Balaban J connectivity index is 1.72. The van der Waals surface area contributed by atoms with Crippen LogP contribution < -0.4 is 15.0 Å². The lowest BCUT2D eigenvalue weighted by Crippen LogP contribution is -2.39. The second kappa shape index (κ2) is 6.44. The maximum atomic E-state index is 5.21. The summed E-state index contributed by atoms with van der Waals surface area (Å²) in [5.74, 6) is 3.15. The maximum absolute atomic E-state index is 5.21. The number of hydrogen-bond donors (Lipinski definition) is 2. The summed E-state index contributed by atoms with van der Waals surface area (Å²) in [6.07, 6.45) is 2.47. The predicted octanol–water partition coefficient (Wildman–Crippen LogP) is 1.98. The van der Waals surface area contributed by atoms with Crippen molar-refractivity contribution in [2.45, 2.75) is 12.8 Å². The molecule has 0 spiro atoms. The van der Waals surface area contributed by atoms with Crippen molar-refractivity contribution in [1.29, 1.82) is 0 Å². The van der Waals surface area contributed by atoms with Crippen LogP contribution in [-0.4, -0.2) is 49.0 Å². The van der Waals surface area contributed by atoms with E-state index in [1.807, 2.05) is 18.5 Å². The molecule has 0 radical (unpaired) electrons. The normalized spacial score (nSPS) is 19.0. The monoisotopic (exact) mass is 307 g/mol. The number of H-pyrrole nitrogens is 1. The van der Waals surface area contributed by atoms with Gasteiger partial charge >= 0.3 is 0 Å². The molecule has 0 aliphatic carbocycles. The highest BCUT2D eigenvalue weighted by atomic mass is 32.1. The number of thiophene rings is 1. The summed E-state index contributed by atoms with van der Waals surface area (Å²) in [5.41, 5.74) is 0. The zero-order valence-electron chi connectivity index (χ0n) is 12.4. The summed E-state index contributed by atoms with van der Waals surface area (Å²) in [6, 6.07) is 1.98. The van der Waals surface area contributed by atoms with Crippen LogP contribution >= 0.6 is 11.3 Å². The van der Waals surface area contributed by atoms with Crippen molar-refractivity contribution in [3.05, 3.63) is 11.4 Å². The van der Waals surface area contributed by atoms with Gasteiger partial charge in [-0.2, -0.15) is 4.98 Å². The fourth-order valence-corrected chi connectivity index (χ4v) is 3.55. The first kappa shape index (κ1) is 14.3. The lowest BCUT2D eigenvalue weighted by Gasteiger charge is -2.31. The van der Waals surface area contributed by atoms with Gasteiger partial charge in [0.1, 0.15) is 5.75 Å². The molecule has 0 saturated carbocycles. The number of piperidine rings is 1. The molecule has 21 heavy (non-hydrogen) atoms. The van der Waals surface area contributed by atoms with Crippen LogP contribution in [0.4, 0.5) is 5.95 Å². The third-order valence-corrected chi connectivity index (χ3v) is 4.73. The quantitative estimate of drug-likeness (QED) is 0.884. The van der Waals surface area contributed by atoms with E-state index in [1.54, 1.807) is 18.4 Å². The molecule has 1 aliphatic heterocycles. The van der Waals surface area contributed by atoms with Crippen LogP contribution in [0, 0.1) is 5.92 Å². The molecule has 1 unspecified atom stereocenters. The van der Waals surface area contributed by atoms with Crippen LogP contribution in [0.3, 0.4) is 0 Å². The van der Waals surface area contributed by atoms with Crippen LogP contribution in [0.1, 0.15) is 12.8 Å². The third kappa shape index (κ3) is 3.19. The molecule has 3 heterocycles. The minimum atomic E-state index is 0.674. The van der Waals surface area contributed by atoms with E-state index in [4.69, 9.17) is 4.74 Å². The van der Waals surface area contributed by atoms with E-state index in [1.165, 1.54) is 12.8 Å². The van der Waals surface area contributed by atoms with Crippen LogP contribution in [-0.2, 0) is 0 Å². The molecule has 7 heteroatoms. The Hall–Kier alpha value is -1.60. The molecule has 1 atom stereocenters. The summed E-state index contributed by atoms with van der Waals surface area (Å²) in [4.78, 5) is 7.96. The van der Waals surface area contributed by atoms with E-state index in [9.17, 15) is 0 Å². The zero-order chi connectivity index (χ0) is 14.7. The van der Waals surface area contributed by atoms with Crippen molar-refractivity contribution in [3.63, 3.8) is 0 Å². The van der Waals surface area contributed by atoms with E-state index in [0.29, 0.717) is 5.92 Å². The molecule has 3 rings (SSSR count). The minimum absolute atomic E-state index is 0.674.